The van der Waals surface area contributed by atoms with Crippen molar-refractivity contribution in [1.29, 1.82) is 5.26 Å². The summed E-state index contributed by atoms with van der Waals surface area (Å²) in [5, 5.41) is 11.2. The van der Waals surface area contributed by atoms with Gasteiger partial charge in [-0.3, -0.25) is 9.36 Å². The van der Waals surface area contributed by atoms with Gasteiger partial charge in [0.1, 0.15) is 5.82 Å². The zero-order valence-electron chi connectivity index (χ0n) is 16.3. The third kappa shape index (κ3) is 2.85. The first-order valence-corrected chi connectivity index (χ1v) is 9.68. The summed E-state index contributed by atoms with van der Waals surface area (Å²) in [7, 11) is 0. The van der Waals surface area contributed by atoms with Gasteiger partial charge in [0, 0.05) is 11.1 Å². The number of rotatable bonds is 2. The summed E-state index contributed by atoms with van der Waals surface area (Å²) < 4.78 is 1.69. The summed E-state index contributed by atoms with van der Waals surface area (Å²) in [4.78, 5) is 18.4. The third-order valence-corrected chi connectivity index (χ3v) is 5.30. The third-order valence-electron chi connectivity index (χ3n) is 5.30. The lowest BCUT2D eigenvalue weighted by Crippen LogP contribution is -2.13. The van der Waals surface area contributed by atoms with Gasteiger partial charge in [0.2, 0.25) is 0 Å². The molecule has 0 atom stereocenters. The highest BCUT2D eigenvalue weighted by Gasteiger charge is 2.21. The zero-order chi connectivity index (χ0) is 20.7. The second-order valence-corrected chi connectivity index (χ2v) is 7.28. The Morgan fingerprint density at radius 1 is 0.933 bits per heavy atom. The lowest BCUT2D eigenvalue weighted by atomic mass is 10.0. The molecule has 142 valence electrons. The average molecular weight is 387 g/mol. The van der Waals surface area contributed by atoms with E-state index >= 15 is 0 Å². The fourth-order valence-electron chi connectivity index (χ4n) is 3.81. The maximum atomic E-state index is 13.6. The zero-order valence-corrected chi connectivity index (χ0v) is 16.3. The second-order valence-electron chi connectivity index (χ2n) is 7.28. The molecule has 30 heavy (non-hydrogen) atoms. The summed E-state index contributed by atoms with van der Waals surface area (Å²) >= 11 is 0. The number of aromatic nitrogens is 2. The van der Waals surface area contributed by atoms with Crippen LogP contribution >= 0.6 is 0 Å². The van der Waals surface area contributed by atoms with Crippen LogP contribution < -0.4 is 0 Å². The van der Waals surface area contributed by atoms with E-state index in [1.54, 1.807) is 28.8 Å². The molecule has 0 fully saturated rings. The molecule has 0 unspecified atom stereocenters. The molecule has 0 bridgehead atoms. The molecule has 4 nitrogen and oxygen atoms in total. The first kappa shape index (κ1) is 17.8. The number of benzene rings is 4. The van der Waals surface area contributed by atoms with Gasteiger partial charge in [-0.05, 0) is 59.7 Å². The molecule has 5 aromatic rings. The van der Waals surface area contributed by atoms with Gasteiger partial charge in [-0.15, -0.1) is 0 Å². The van der Waals surface area contributed by atoms with Crippen LogP contribution in [0.25, 0.3) is 33.2 Å². The molecule has 0 aliphatic heterocycles. The highest BCUT2D eigenvalue weighted by atomic mass is 16.2. The van der Waals surface area contributed by atoms with Gasteiger partial charge in [-0.25, -0.2) is 4.98 Å². The van der Waals surface area contributed by atoms with Crippen molar-refractivity contribution < 1.29 is 4.79 Å². The number of hydrogen-bond acceptors (Lipinski definition) is 3. The van der Waals surface area contributed by atoms with Crippen LogP contribution in [0, 0.1) is 18.3 Å². The Morgan fingerprint density at radius 2 is 1.70 bits per heavy atom. The van der Waals surface area contributed by atoms with E-state index in [0.717, 1.165) is 32.9 Å². The second kappa shape index (κ2) is 6.98. The van der Waals surface area contributed by atoms with Gasteiger partial charge in [0.05, 0.1) is 22.7 Å². The molecule has 1 heterocycles. The monoisotopic (exact) mass is 387 g/mol. The Kier molecular flexibility index (Phi) is 4.15. The van der Waals surface area contributed by atoms with Gasteiger partial charge >= 0.3 is 0 Å². The Bertz CT molecular complexity index is 1470. The van der Waals surface area contributed by atoms with Crippen molar-refractivity contribution in [1.82, 2.24) is 9.55 Å². The molecule has 0 saturated heterocycles. The average Bonchev–Trinajstić information content (AvgIpc) is 3.16. The van der Waals surface area contributed by atoms with Crippen molar-refractivity contribution in [2.24, 2.45) is 0 Å². The summed E-state index contributed by atoms with van der Waals surface area (Å²) in [5.41, 5.74) is 4.53. The van der Waals surface area contributed by atoms with E-state index in [0.29, 0.717) is 17.0 Å². The van der Waals surface area contributed by atoms with Crippen LogP contribution in [-0.2, 0) is 0 Å². The van der Waals surface area contributed by atoms with Crippen LogP contribution in [0.4, 0.5) is 0 Å². The number of nitrogens with zero attached hydrogens (tertiary/aromatic N) is 3. The predicted molar refractivity (Wildman–Crippen MR) is 118 cm³/mol. The molecule has 0 radical (unpaired) electrons. The maximum absolute atomic E-state index is 13.6. The summed E-state index contributed by atoms with van der Waals surface area (Å²) in [5.74, 6) is 0.442. The van der Waals surface area contributed by atoms with Crippen molar-refractivity contribution in [3.8, 4) is 17.5 Å². The lowest BCUT2D eigenvalue weighted by Gasteiger charge is -2.11. The molecule has 0 amide bonds. The van der Waals surface area contributed by atoms with Crippen LogP contribution in [0.3, 0.4) is 0 Å². The van der Waals surface area contributed by atoms with Gasteiger partial charge in [-0.2, -0.15) is 5.26 Å². The summed E-state index contributed by atoms with van der Waals surface area (Å²) in [6.45, 7) is 2.00. The molecule has 0 aliphatic carbocycles. The standard InChI is InChI=1S/C26H17N3O/c1-17-9-14-23-24(15-17)29(26(30)20-12-10-18(16-27)11-13-20)25(28-23)22-8-4-6-19-5-2-3-7-21(19)22/h2-15H,1H3. The number of carbonyl (C=O) groups excluding carboxylic acids is 1. The van der Waals surface area contributed by atoms with Crippen molar-refractivity contribution >= 4 is 27.7 Å². The lowest BCUT2D eigenvalue weighted by molar-refractivity contribution is 0.0966. The predicted octanol–water partition coefficient (Wildman–Crippen LogP) is 5.73. The first-order chi connectivity index (χ1) is 14.7. The van der Waals surface area contributed by atoms with E-state index < -0.39 is 0 Å². The highest BCUT2D eigenvalue weighted by molar-refractivity contribution is 6.06. The minimum atomic E-state index is -0.171. The first-order valence-electron chi connectivity index (χ1n) is 9.68. The van der Waals surface area contributed by atoms with Crippen LogP contribution in [0.2, 0.25) is 0 Å². The highest BCUT2D eigenvalue weighted by Crippen LogP contribution is 2.32. The molecule has 5 rings (SSSR count). The van der Waals surface area contributed by atoms with E-state index in [4.69, 9.17) is 10.2 Å². The number of hydrogen-bond donors (Lipinski definition) is 0. The maximum Gasteiger partial charge on any atom is 0.264 e. The Hall–Kier alpha value is -4.23. The quantitative estimate of drug-likeness (QED) is 0.389. The fourth-order valence-corrected chi connectivity index (χ4v) is 3.81. The van der Waals surface area contributed by atoms with Crippen LogP contribution in [0.15, 0.2) is 84.9 Å². The van der Waals surface area contributed by atoms with Gasteiger partial charge < -0.3 is 0 Å². The number of nitriles is 1. The van der Waals surface area contributed by atoms with Crippen LogP contribution in [0.5, 0.6) is 0 Å². The Morgan fingerprint density at radius 3 is 2.50 bits per heavy atom. The minimum absolute atomic E-state index is 0.171. The van der Waals surface area contributed by atoms with Gasteiger partial charge in [-0.1, -0.05) is 48.5 Å². The van der Waals surface area contributed by atoms with E-state index in [-0.39, 0.29) is 5.91 Å². The fraction of sp³-hybridized carbons (Fsp3) is 0.0385. The largest absolute Gasteiger partial charge is 0.268 e. The van der Waals surface area contributed by atoms with Crippen LogP contribution in [-0.4, -0.2) is 15.5 Å². The molecular formula is C26H17N3O. The molecular weight excluding hydrogens is 370 g/mol. The Balaban J connectivity index is 1.80. The molecule has 0 saturated carbocycles. The molecule has 0 spiro atoms. The van der Waals surface area contributed by atoms with Crippen molar-refractivity contribution in [3.63, 3.8) is 0 Å². The molecule has 0 N–H and O–H groups in total. The molecule has 0 aliphatic rings. The summed E-state index contributed by atoms with van der Waals surface area (Å²) in [6.07, 6.45) is 0. The van der Waals surface area contributed by atoms with Crippen molar-refractivity contribution in [2.45, 2.75) is 6.92 Å². The van der Waals surface area contributed by atoms with Crippen molar-refractivity contribution in [2.75, 3.05) is 0 Å². The smallest absolute Gasteiger partial charge is 0.264 e. The SMILES string of the molecule is Cc1ccc2nc(-c3cccc4ccccc34)n(C(=O)c3ccc(C#N)cc3)c2c1. The van der Waals surface area contributed by atoms with Crippen molar-refractivity contribution in [3.05, 3.63) is 102 Å². The van der Waals surface area contributed by atoms with Crippen LogP contribution in [0.1, 0.15) is 21.5 Å². The number of imidazole rings is 1. The van der Waals surface area contributed by atoms with E-state index in [1.165, 1.54) is 0 Å². The molecule has 4 aromatic carbocycles. The van der Waals surface area contributed by atoms with E-state index in [9.17, 15) is 4.79 Å². The number of fused-ring (bicyclic) bond motifs is 2. The van der Waals surface area contributed by atoms with E-state index in [2.05, 4.69) is 18.2 Å². The Labute approximate surface area is 173 Å². The molecule has 4 heteroatoms. The topological polar surface area (TPSA) is 58.7 Å². The summed E-state index contributed by atoms with van der Waals surface area (Å²) in [6, 6.07) is 28.9. The van der Waals surface area contributed by atoms with E-state index in [1.807, 2.05) is 55.5 Å². The number of carbonyl (C=O) groups is 1. The minimum Gasteiger partial charge on any atom is -0.268 e. The number of aryl methyl sites for hydroxylation is 1. The molecule has 1 aromatic heterocycles. The normalized spacial score (nSPS) is 10.9. The van der Waals surface area contributed by atoms with Gasteiger partial charge in [0.15, 0.2) is 0 Å². The van der Waals surface area contributed by atoms with Gasteiger partial charge in [0.25, 0.3) is 5.91 Å².